The lowest BCUT2D eigenvalue weighted by molar-refractivity contribution is -0.135. The van der Waals surface area contributed by atoms with Crippen LogP contribution in [0.25, 0.3) is 0 Å². The molecule has 4 rings (SSSR count). The van der Waals surface area contributed by atoms with Crippen LogP contribution in [-0.4, -0.2) is 49.1 Å². The topological polar surface area (TPSA) is 76.8 Å². The predicted molar refractivity (Wildman–Crippen MR) is 99.9 cm³/mol. The number of aryl methyl sites for hydroxylation is 1. The number of rotatable bonds is 4. The third kappa shape index (κ3) is 3.58. The van der Waals surface area contributed by atoms with E-state index in [4.69, 9.17) is 0 Å². The van der Waals surface area contributed by atoms with Crippen LogP contribution < -0.4 is 0 Å². The first-order chi connectivity index (χ1) is 13.2. The summed E-state index contributed by atoms with van der Waals surface area (Å²) in [4.78, 5) is 19.4. The van der Waals surface area contributed by atoms with Crippen LogP contribution in [0.1, 0.15) is 41.8 Å². The molecule has 1 aromatic carbocycles. The molecule has 1 amide bonds. The second kappa shape index (κ2) is 7.65. The first-order valence-corrected chi connectivity index (χ1v) is 9.22. The highest BCUT2D eigenvalue weighted by Gasteiger charge is 2.32. The van der Waals surface area contributed by atoms with Crippen molar-refractivity contribution in [2.45, 2.75) is 31.7 Å². The number of pyridine rings is 1. The molecule has 0 N–H and O–H groups in total. The van der Waals surface area contributed by atoms with Gasteiger partial charge in [-0.3, -0.25) is 9.78 Å². The van der Waals surface area contributed by atoms with E-state index < -0.39 is 6.04 Å². The minimum absolute atomic E-state index is 0.0461. The monoisotopic (exact) mass is 362 g/mol. The lowest BCUT2D eigenvalue weighted by atomic mass is 9.89. The summed E-state index contributed by atoms with van der Waals surface area (Å²) < 4.78 is 1.62. The molecule has 1 atom stereocenters. The van der Waals surface area contributed by atoms with Crippen LogP contribution in [0.5, 0.6) is 0 Å². The van der Waals surface area contributed by atoms with Gasteiger partial charge in [0.05, 0.1) is 0 Å². The quantitative estimate of drug-likeness (QED) is 0.712. The van der Waals surface area contributed by atoms with Gasteiger partial charge in [-0.25, -0.2) is 4.68 Å². The van der Waals surface area contributed by atoms with E-state index in [1.54, 1.807) is 4.68 Å². The van der Waals surface area contributed by atoms with Crippen LogP contribution in [0.4, 0.5) is 0 Å². The summed E-state index contributed by atoms with van der Waals surface area (Å²) in [5.41, 5.74) is 2.20. The molecule has 0 saturated carbocycles. The normalized spacial score (nSPS) is 16.3. The molecule has 27 heavy (non-hydrogen) atoms. The first-order valence-electron chi connectivity index (χ1n) is 9.22. The van der Waals surface area contributed by atoms with Gasteiger partial charge in [0.2, 0.25) is 0 Å². The van der Waals surface area contributed by atoms with E-state index in [9.17, 15) is 4.79 Å². The molecule has 0 bridgehead atoms. The number of hydrogen-bond acceptors (Lipinski definition) is 5. The molecule has 0 radical (unpaired) electrons. The molecule has 3 heterocycles. The van der Waals surface area contributed by atoms with Crippen LogP contribution in [0.3, 0.4) is 0 Å². The fourth-order valence-electron chi connectivity index (χ4n) is 3.74. The smallest absolute Gasteiger partial charge is 0.252 e. The Morgan fingerprint density at radius 1 is 1.07 bits per heavy atom. The number of hydrogen-bond donors (Lipinski definition) is 0. The number of tetrazole rings is 1. The Hall–Kier alpha value is -3.09. The van der Waals surface area contributed by atoms with Crippen molar-refractivity contribution in [3.8, 4) is 0 Å². The van der Waals surface area contributed by atoms with Crippen LogP contribution in [-0.2, 0) is 4.79 Å². The van der Waals surface area contributed by atoms with E-state index in [0.29, 0.717) is 11.7 Å². The fraction of sp³-hybridized carbons (Fsp3) is 0.350. The van der Waals surface area contributed by atoms with E-state index in [-0.39, 0.29) is 5.91 Å². The number of piperidine rings is 1. The number of amides is 1. The fourth-order valence-corrected chi connectivity index (χ4v) is 3.74. The third-order valence-corrected chi connectivity index (χ3v) is 5.24. The number of carbonyl (C=O) groups excluding carboxylic acids is 1. The van der Waals surface area contributed by atoms with E-state index in [1.165, 1.54) is 5.56 Å². The van der Waals surface area contributed by atoms with Gasteiger partial charge in [0.25, 0.3) is 5.91 Å². The van der Waals surface area contributed by atoms with E-state index in [0.717, 1.165) is 31.5 Å². The number of likely N-dealkylation sites (tertiary alicyclic amines) is 1. The molecule has 1 aliphatic rings. The largest absolute Gasteiger partial charge is 0.340 e. The van der Waals surface area contributed by atoms with Gasteiger partial charge in [0.1, 0.15) is 5.82 Å². The molecule has 7 nitrogen and oxygen atoms in total. The van der Waals surface area contributed by atoms with E-state index in [1.807, 2.05) is 54.5 Å². The highest BCUT2D eigenvalue weighted by atomic mass is 16.2. The maximum absolute atomic E-state index is 13.4. The Morgan fingerprint density at radius 3 is 2.41 bits per heavy atom. The average Bonchev–Trinajstić information content (AvgIpc) is 3.15. The second-order valence-electron chi connectivity index (χ2n) is 6.86. The van der Waals surface area contributed by atoms with Gasteiger partial charge < -0.3 is 4.90 Å². The van der Waals surface area contributed by atoms with Crippen LogP contribution >= 0.6 is 0 Å². The molecular formula is C20H22N6O. The van der Waals surface area contributed by atoms with Gasteiger partial charge in [-0.1, -0.05) is 30.3 Å². The highest BCUT2D eigenvalue weighted by molar-refractivity contribution is 5.83. The Labute approximate surface area is 158 Å². The van der Waals surface area contributed by atoms with Crippen molar-refractivity contribution in [3.05, 3.63) is 71.8 Å². The molecule has 1 aliphatic heterocycles. The van der Waals surface area contributed by atoms with Crippen LogP contribution in [0, 0.1) is 6.92 Å². The lowest BCUT2D eigenvalue weighted by Crippen LogP contribution is -2.42. The summed E-state index contributed by atoms with van der Waals surface area (Å²) in [7, 11) is 0. The van der Waals surface area contributed by atoms with E-state index >= 15 is 0 Å². The molecule has 1 fully saturated rings. The predicted octanol–water partition coefficient (Wildman–Crippen LogP) is 2.37. The van der Waals surface area contributed by atoms with Crippen molar-refractivity contribution >= 4 is 5.91 Å². The highest BCUT2D eigenvalue weighted by Crippen LogP contribution is 2.30. The van der Waals surface area contributed by atoms with E-state index in [2.05, 4.69) is 32.6 Å². The summed E-state index contributed by atoms with van der Waals surface area (Å²) in [5, 5.41) is 11.8. The van der Waals surface area contributed by atoms with Crippen molar-refractivity contribution in [1.82, 2.24) is 30.1 Å². The van der Waals surface area contributed by atoms with Crippen molar-refractivity contribution in [3.63, 3.8) is 0 Å². The van der Waals surface area contributed by atoms with Gasteiger partial charge in [-0.2, -0.15) is 0 Å². The SMILES string of the molecule is Cc1nnnn1[C@H](C(=O)N1CCC(c2ccncc2)CC1)c1ccccc1. The standard InChI is InChI=1S/C20H22N6O/c1-15-22-23-24-26(15)19(18-5-3-2-4-6-18)20(27)25-13-9-17(10-14-25)16-7-11-21-12-8-16/h2-8,11-12,17,19H,9-10,13-14H2,1H3/t19-/m0/s1. The Balaban J connectivity index is 1.54. The molecular weight excluding hydrogens is 340 g/mol. The number of nitrogens with zero attached hydrogens (tertiary/aromatic N) is 6. The Bertz CT molecular complexity index is 887. The summed E-state index contributed by atoms with van der Waals surface area (Å²) in [6.07, 6.45) is 5.56. The zero-order chi connectivity index (χ0) is 18.6. The lowest BCUT2D eigenvalue weighted by Gasteiger charge is -2.34. The van der Waals surface area contributed by atoms with Crippen LogP contribution in [0.2, 0.25) is 0 Å². The molecule has 0 aliphatic carbocycles. The molecule has 2 aromatic heterocycles. The molecule has 3 aromatic rings. The second-order valence-corrected chi connectivity index (χ2v) is 6.86. The minimum atomic E-state index is -0.529. The van der Waals surface area contributed by atoms with Crippen molar-refractivity contribution in [2.24, 2.45) is 0 Å². The third-order valence-electron chi connectivity index (χ3n) is 5.24. The van der Waals surface area contributed by atoms with Gasteiger partial charge in [0.15, 0.2) is 6.04 Å². The summed E-state index contributed by atoms with van der Waals surface area (Å²) in [5.74, 6) is 1.15. The zero-order valence-corrected chi connectivity index (χ0v) is 15.3. The van der Waals surface area contributed by atoms with Gasteiger partial charge >= 0.3 is 0 Å². The number of carbonyl (C=O) groups is 1. The molecule has 0 spiro atoms. The molecule has 7 heteroatoms. The van der Waals surface area contributed by atoms with Gasteiger partial charge in [-0.05, 0) is 59.4 Å². The van der Waals surface area contributed by atoms with Crippen LogP contribution in [0.15, 0.2) is 54.9 Å². The number of aromatic nitrogens is 5. The minimum Gasteiger partial charge on any atom is -0.340 e. The van der Waals surface area contributed by atoms with Crippen molar-refractivity contribution in [1.29, 1.82) is 0 Å². The first kappa shape index (κ1) is 17.3. The summed E-state index contributed by atoms with van der Waals surface area (Å²) in [6.45, 7) is 3.28. The summed E-state index contributed by atoms with van der Waals surface area (Å²) >= 11 is 0. The van der Waals surface area contributed by atoms with Crippen molar-refractivity contribution < 1.29 is 4.79 Å². The molecule has 0 unspecified atom stereocenters. The summed E-state index contributed by atoms with van der Waals surface area (Å²) in [6, 6.07) is 13.3. The maximum Gasteiger partial charge on any atom is 0.252 e. The van der Waals surface area contributed by atoms with Gasteiger partial charge in [0, 0.05) is 25.5 Å². The average molecular weight is 362 g/mol. The Morgan fingerprint density at radius 2 is 1.78 bits per heavy atom. The number of benzene rings is 1. The van der Waals surface area contributed by atoms with Crippen molar-refractivity contribution in [2.75, 3.05) is 13.1 Å². The molecule has 1 saturated heterocycles. The zero-order valence-electron chi connectivity index (χ0n) is 15.3. The van der Waals surface area contributed by atoms with Gasteiger partial charge in [-0.15, -0.1) is 5.10 Å². The Kier molecular flexibility index (Phi) is 4.91. The maximum atomic E-state index is 13.4. The molecule has 138 valence electrons.